The van der Waals surface area contributed by atoms with Gasteiger partial charge in [-0.2, -0.15) is 11.8 Å². The zero-order valence-corrected chi connectivity index (χ0v) is 13.1. The van der Waals surface area contributed by atoms with Crippen LogP contribution in [0.2, 0.25) is 0 Å². The van der Waals surface area contributed by atoms with Crippen molar-refractivity contribution in [2.75, 3.05) is 0 Å². The average molecular weight is 366 g/mol. The van der Waals surface area contributed by atoms with Crippen molar-refractivity contribution < 1.29 is 25.8 Å². The molecule has 0 atom stereocenters. The first-order valence-corrected chi connectivity index (χ1v) is 3.13. The van der Waals surface area contributed by atoms with Gasteiger partial charge in [0.2, 0.25) is 0 Å². The van der Waals surface area contributed by atoms with E-state index < -0.39 is 0 Å². The summed E-state index contributed by atoms with van der Waals surface area (Å²) in [6, 6.07) is 0. The van der Waals surface area contributed by atoms with Crippen LogP contribution >= 0.6 is 24.8 Å². The first-order chi connectivity index (χ1) is 3.46. The molecule has 0 aromatic heterocycles. The monoisotopic (exact) mass is 366 g/mol. The molecule has 3 heteroatoms. The Labute approximate surface area is 104 Å². The van der Waals surface area contributed by atoms with Crippen LogP contribution in [0.25, 0.3) is 0 Å². The van der Waals surface area contributed by atoms with Gasteiger partial charge in [-0.05, 0) is 0 Å². The Hall–Kier alpha value is 1.45. The number of rotatable bonds is 0. The maximum Gasteiger partial charge on any atom is 0 e. The van der Waals surface area contributed by atoms with Gasteiger partial charge in [0.1, 0.15) is 0 Å². The molecule has 11 heavy (non-hydrogen) atoms. The molecule has 0 aliphatic carbocycles. The van der Waals surface area contributed by atoms with E-state index in [0.29, 0.717) is 11.8 Å². The Morgan fingerprint density at radius 1 is 0.727 bits per heavy atom. The molecule has 0 aromatic rings. The molecule has 72 valence electrons. The molecule has 0 spiro atoms. The largest absolute Gasteiger partial charge is 0.341 e. The third-order valence-corrected chi connectivity index (χ3v) is 0. The summed E-state index contributed by atoms with van der Waals surface area (Å²) < 4.78 is 0. The Bertz CT molecular complexity index is 27.6. The summed E-state index contributed by atoms with van der Waals surface area (Å²) in [6.45, 7) is 15.5. The predicted molar refractivity (Wildman–Crippen MR) is 54.9 cm³/mol. The summed E-state index contributed by atoms with van der Waals surface area (Å²) in [5.41, 5.74) is 0. The minimum absolute atomic E-state index is 0. The van der Waals surface area contributed by atoms with E-state index in [-0.39, 0.29) is 50.7 Å². The zero-order valence-electron chi connectivity index (χ0n) is 7.89. The van der Waals surface area contributed by atoms with E-state index in [1.54, 1.807) is 0 Å². The molecule has 0 aliphatic heterocycles. The van der Waals surface area contributed by atoms with Gasteiger partial charge in [-0.15, -0.1) is 24.8 Å². The molecule has 0 radical (unpaired) electrons. The summed E-state index contributed by atoms with van der Waals surface area (Å²) in [4.78, 5) is 0. The van der Waals surface area contributed by atoms with Crippen molar-refractivity contribution in [1.29, 1.82) is 0 Å². The van der Waals surface area contributed by atoms with Crippen LogP contribution in [0.3, 0.4) is 0 Å². The molecule has 0 unspecified atom stereocenters. The van der Waals surface area contributed by atoms with E-state index in [9.17, 15) is 0 Å². The van der Waals surface area contributed by atoms with Gasteiger partial charge in [-0.1, -0.05) is 27.7 Å². The summed E-state index contributed by atoms with van der Waals surface area (Å²) >= 11 is 0. The van der Waals surface area contributed by atoms with Gasteiger partial charge in [-0.3, -0.25) is 0 Å². The first-order valence-electron chi connectivity index (χ1n) is 3.13. The molecular formula is C8H20Cl2Hf-2. The van der Waals surface area contributed by atoms with E-state index in [1.165, 1.54) is 0 Å². The van der Waals surface area contributed by atoms with Crippen LogP contribution in [-0.2, 0) is 25.8 Å². The van der Waals surface area contributed by atoms with Crippen LogP contribution in [0, 0.1) is 25.7 Å². The third-order valence-electron chi connectivity index (χ3n) is 0. The van der Waals surface area contributed by atoms with Crippen molar-refractivity contribution >= 4 is 24.8 Å². The predicted octanol–water partition coefficient (Wildman–Crippen LogP) is 3.79. The minimum atomic E-state index is 0. The van der Waals surface area contributed by atoms with Crippen LogP contribution in [0.1, 0.15) is 27.7 Å². The normalized spacial score (nSPS) is 6.55. The maximum atomic E-state index is 3.64. The Balaban J connectivity index is -0.0000000171. The number of hydrogen-bond donors (Lipinski definition) is 0. The fraction of sp³-hybridized carbons (Fsp3) is 0.750. The zero-order chi connectivity index (χ0) is 7.15. The second-order valence-electron chi connectivity index (χ2n) is 2.79. The number of halogens is 2. The topological polar surface area (TPSA) is 0 Å². The third kappa shape index (κ3) is 486. The molecule has 0 bridgehead atoms. The van der Waals surface area contributed by atoms with Crippen LogP contribution < -0.4 is 0 Å². The molecule has 0 N–H and O–H groups in total. The van der Waals surface area contributed by atoms with Crippen molar-refractivity contribution in [3.8, 4) is 0 Å². The smallest absolute Gasteiger partial charge is 0 e. The number of hydrogen-bond acceptors (Lipinski definition) is 0. The molecule has 0 fully saturated rings. The van der Waals surface area contributed by atoms with Gasteiger partial charge >= 0.3 is 0 Å². The molecular weight excluding hydrogens is 345 g/mol. The molecule has 0 amide bonds. The van der Waals surface area contributed by atoms with E-state index in [2.05, 4.69) is 41.5 Å². The van der Waals surface area contributed by atoms with Crippen LogP contribution in [0.4, 0.5) is 0 Å². The second-order valence-corrected chi connectivity index (χ2v) is 2.79. The SMILES string of the molecule is Cl.Cl.[CH2-]C(C)C.[CH2-]C(C)C.[Hf]. The van der Waals surface area contributed by atoms with Gasteiger partial charge in [0.25, 0.3) is 0 Å². The van der Waals surface area contributed by atoms with Crippen molar-refractivity contribution in [2.45, 2.75) is 27.7 Å². The van der Waals surface area contributed by atoms with Crippen molar-refractivity contribution in [1.82, 2.24) is 0 Å². The fourth-order valence-electron chi connectivity index (χ4n) is 0. The second kappa shape index (κ2) is 22.5. The van der Waals surface area contributed by atoms with Gasteiger partial charge in [-0.25, -0.2) is 0 Å². The molecule has 0 nitrogen and oxygen atoms in total. The quantitative estimate of drug-likeness (QED) is 0.452. The van der Waals surface area contributed by atoms with Crippen molar-refractivity contribution in [3.05, 3.63) is 13.8 Å². The molecule has 0 rings (SSSR count). The van der Waals surface area contributed by atoms with Gasteiger partial charge in [0.15, 0.2) is 0 Å². The molecule has 0 saturated carbocycles. The van der Waals surface area contributed by atoms with Gasteiger partial charge < -0.3 is 13.8 Å². The fourth-order valence-corrected chi connectivity index (χ4v) is 0. The molecule has 0 aliphatic rings. The van der Waals surface area contributed by atoms with E-state index in [4.69, 9.17) is 0 Å². The Kier molecular flexibility index (Phi) is 60.2. The van der Waals surface area contributed by atoms with E-state index in [0.717, 1.165) is 0 Å². The van der Waals surface area contributed by atoms with Crippen LogP contribution in [0.15, 0.2) is 0 Å². The summed E-state index contributed by atoms with van der Waals surface area (Å²) in [6.07, 6.45) is 0. The van der Waals surface area contributed by atoms with Crippen molar-refractivity contribution in [2.24, 2.45) is 11.8 Å². The summed E-state index contributed by atoms with van der Waals surface area (Å²) in [5.74, 6) is 1.17. The Morgan fingerprint density at radius 3 is 0.727 bits per heavy atom. The first kappa shape index (κ1) is 29.4. The van der Waals surface area contributed by atoms with Crippen molar-refractivity contribution in [3.63, 3.8) is 0 Å². The van der Waals surface area contributed by atoms with E-state index in [1.807, 2.05) is 0 Å². The average Bonchev–Trinajstić information content (AvgIpc) is 1.25. The summed E-state index contributed by atoms with van der Waals surface area (Å²) in [5, 5.41) is 0. The standard InChI is InChI=1S/2C4H9.2ClH.Hf/c2*1-4(2)3;;;/h2*4H,1H2,2-3H3;2*1H;/q2*-1;;;. The molecule has 0 saturated heterocycles. The van der Waals surface area contributed by atoms with Crippen LogP contribution in [0.5, 0.6) is 0 Å². The maximum absolute atomic E-state index is 3.64. The Morgan fingerprint density at radius 2 is 0.727 bits per heavy atom. The van der Waals surface area contributed by atoms with E-state index >= 15 is 0 Å². The molecule has 0 heterocycles. The summed E-state index contributed by atoms with van der Waals surface area (Å²) in [7, 11) is 0. The minimum Gasteiger partial charge on any atom is -0.341 e. The van der Waals surface area contributed by atoms with Crippen LogP contribution in [-0.4, -0.2) is 0 Å². The molecule has 0 aromatic carbocycles. The van der Waals surface area contributed by atoms with Gasteiger partial charge in [0, 0.05) is 25.8 Å². The van der Waals surface area contributed by atoms with Gasteiger partial charge in [0.05, 0.1) is 0 Å².